The Labute approximate surface area is 190 Å². The summed E-state index contributed by atoms with van der Waals surface area (Å²) >= 11 is 0. The fourth-order valence-corrected chi connectivity index (χ4v) is 4.82. The normalized spacial score (nSPS) is 16.2. The van der Waals surface area contributed by atoms with Gasteiger partial charge >= 0.3 is 0 Å². The van der Waals surface area contributed by atoms with Crippen LogP contribution in [-0.2, 0) is 0 Å². The monoisotopic (exact) mass is 420 g/mol. The number of unbranched alkanes of at least 4 members (excludes halogenated alkanes) is 17. The van der Waals surface area contributed by atoms with Crippen molar-refractivity contribution in [3.05, 3.63) is 12.4 Å². The predicted molar refractivity (Wildman–Crippen MR) is 136 cm³/mol. The largest absolute Gasteiger partial charge is 0.356 e. The maximum absolute atomic E-state index is 2.58. The molecule has 178 valence electrons. The van der Waals surface area contributed by atoms with Crippen LogP contribution in [0.25, 0.3) is 0 Å². The molecule has 1 unspecified atom stereocenters. The van der Waals surface area contributed by atoms with Crippen LogP contribution in [-0.4, -0.2) is 29.1 Å². The maximum atomic E-state index is 2.58. The molecule has 1 aliphatic heterocycles. The third-order valence-electron chi connectivity index (χ3n) is 6.92. The highest BCUT2D eigenvalue weighted by atomic mass is 15.4. The lowest BCUT2D eigenvalue weighted by Crippen LogP contribution is -2.38. The van der Waals surface area contributed by atoms with Crippen LogP contribution in [0.1, 0.15) is 149 Å². The van der Waals surface area contributed by atoms with Crippen LogP contribution in [0.5, 0.6) is 0 Å². The van der Waals surface area contributed by atoms with Crippen molar-refractivity contribution in [2.75, 3.05) is 13.1 Å². The van der Waals surface area contributed by atoms with Gasteiger partial charge in [-0.2, -0.15) is 0 Å². The van der Waals surface area contributed by atoms with E-state index in [-0.39, 0.29) is 0 Å². The first-order valence-electron chi connectivity index (χ1n) is 14.0. The predicted octanol–water partition coefficient (Wildman–Crippen LogP) is 9.26. The third kappa shape index (κ3) is 13.6. The molecule has 0 saturated carbocycles. The van der Waals surface area contributed by atoms with Crippen molar-refractivity contribution in [2.45, 2.75) is 155 Å². The van der Waals surface area contributed by atoms with Gasteiger partial charge in [-0.15, -0.1) is 0 Å². The van der Waals surface area contributed by atoms with Crippen molar-refractivity contribution in [1.29, 1.82) is 0 Å². The zero-order valence-corrected chi connectivity index (χ0v) is 21.2. The van der Waals surface area contributed by atoms with E-state index in [0.29, 0.717) is 6.17 Å². The minimum absolute atomic E-state index is 0.637. The molecule has 1 heterocycles. The van der Waals surface area contributed by atoms with Crippen molar-refractivity contribution in [2.24, 2.45) is 0 Å². The van der Waals surface area contributed by atoms with Crippen LogP contribution in [0, 0.1) is 0 Å². The molecule has 30 heavy (non-hydrogen) atoms. The average molecular weight is 421 g/mol. The van der Waals surface area contributed by atoms with Crippen molar-refractivity contribution in [3.8, 4) is 0 Å². The summed E-state index contributed by atoms with van der Waals surface area (Å²) in [5.41, 5.74) is 0. The summed E-state index contributed by atoms with van der Waals surface area (Å²) in [6.07, 6.45) is 34.0. The zero-order chi connectivity index (χ0) is 21.7. The lowest BCUT2D eigenvalue weighted by Gasteiger charge is -2.32. The highest BCUT2D eigenvalue weighted by Gasteiger charge is 2.23. The molecule has 2 nitrogen and oxygen atoms in total. The Hall–Kier alpha value is -0.660. The molecule has 1 rings (SSSR count). The van der Waals surface area contributed by atoms with Crippen molar-refractivity contribution in [3.63, 3.8) is 0 Å². The van der Waals surface area contributed by atoms with Gasteiger partial charge in [0, 0.05) is 25.5 Å². The number of hydrogen-bond donors (Lipinski definition) is 0. The summed E-state index contributed by atoms with van der Waals surface area (Å²) in [6.45, 7) is 9.25. The highest BCUT2D eigenvalue weighted by molar-refractivity contribution is 4.96. The molecule has 0 aromatic rings. The van der Waals surface area contributed by atoms with Gasteiger partial charge in [0.2, 0.25) is 0 Å². The molecular formula is C28H56N2. The third-order valence-corrected chi connectivity index (χ3v) is 6.92. The minimum atomic E-state index is 0.637. The number of rotatable bonds is 22. The number of nitrogens with zero attached hydrogens (tertiary/aromatic N) is 2. The van der Waals surface area contributed by atoms with E-state index in [2.05, 4.69) is 43.0 Å². The fourth-order valence-electron chi connectivity index (χ4n) is 4.82. The smallest absolute Gasteiger partial charge is 0.101 e. The van der Waals surface area contributed by atoms with E-state index >= 15 is 0 Å². The van der Waals surface area contributed by atoms with Crippen molar-refractivity contribution in [1.82, 2.24) is 9.80 Å². The SMILES string of the molecule is CCCCCCCCCCCCCCCCCCCC1N(CC)C=CN1CCCC. The standard InChI is InChI=1S/C28H56N2/c1-4-7-9-10-11-12-13-14-15-16-17-18-19-20-21-22-23-24-28-29(6-3)26-27-30(28)25-8-5-2/h26-28H,4-25H2,1-3H3. The van der Waals surface area contributed by atoms with Gasteiger partial charge in [0.05, 0.1) is 0 Å². The molecule has 0 spiro atoms. The molecule has 2 heteroatoms. The van der Waals surface area contributed by atoms with Crippen molar-refractivity contribution < 1.29 is 0 Å². The topological polar surface area (TPSA) is 6.48 Å². The van der Waals surface area contributed by atoms with E-state index in [0.717, 1.165) is 6.54 Å². The average Bonchev–Trinajstić information content (AvgIpc) is 3.16. The summed E-state index contributed by atoms with van der Waals surface area (Å²) < 4.78 is 0. The summed E-state index contributed by atoms with van der Waals surface area (Å²) in [5, 5.41) is 0. The van der Waals surface area contributed by atoms with E-state index < -0.39 is 0 Å². The summed E-state index contributed by atoms with van der Waals surface area (Å²) in [7, 11) is 0. The first-order chi connectivity index (χ1) is 14.8. The molecular weight excluding hydrogens is 364 g/mol. The lowest BCUT2D eigenvalue weighted by molar-refractivity contribution is 0.143. The van der Waals surface area contributed by atoms with Gasteiger partial charge < -0.3 is 9.80 Å². The van der Waals surface area contributed by atoms with Gasteiger partial charge in [-0.3, -0.25) is 0 Å². The van der Waals surface area contributed by atoms with Gasteiger partial charge in [-0.25, -0.2) is 0 Å². The molecule has 0 amide bonds. The van der Waals surface area contributed by atoms with E-state index in [1.807, 2.05) is 0 Å². The molecule has 0 aromatic carbocycles. The summed E-state index contributed by atoms with van der Waals surface area (Å²) in [6, 6.07) is 0. The Kier molecular flexibility index (Phi) is 18.5. The second-order valence-corrected chi connectivity index (χ2v) is 9.65. The summed E-state index contributed by atoms with van der Waals surface area (Å²) in [4.78, 5) is 5.11. The number of hydrogen-bond acceptors (Lipinski definition) is 2. The quantitative estimate of drug-likeness (QED) is 0.161. The van der Waals surface area contributed by atoms with Gasteiger partial charge in [0.15, 0.2) is 0 Å². The van der Waals surface area contributed by atoms with Gasteiger partial charge in [-0.05, 0) is 26.2 Å². The molecule has 0 aliphatic carbocycles. The minimum Gasteiger partial charge on any atom is -0.356 e. The first kappa shape index (κ1) is 27.4. The van der Waals surface area contributed by atoms with E-state index in [9.17, 15) is 0 Å². The Morgan fingerprint density at radius 2 is 0.867 bits per heavy atom. The first-order valence-corrected chi connectivity index (χ1v) is 14.0. The molecule has 0 aromatic heterocycles. The van der Waals surface area contributed by atoms with Crippen LogP contribution >= 0.6 is 0 Å². The van der Waals surface area contributed by atoms with Crippen LogP contribution in [0.4, 0.5) is 0 Å². The van der Waals surface area contributed by atoms with E-state index in [1.165, 1.54) is 135 Å². The summed E-state index contributed by atoms with van der Waals surface area (Å²) in [5.74, 6) is 0. The van der Waals surface area contributed by atoms with Crippen LogP contribution in [0.3, 0.4) is 0 Å². The molecule has 0 bridgehead atoms. The second-order valence-electron chi connectivity index (χ2n) is 9.65. The van der Waals surface area contributed by atoms with Gasteiger partial charge in [-0.1, -0.05) is 123 Å². The molecule has 0 radical (unpaired) electrons. The van der Waals surface area contributed by atoms with E-state index in [4.69, 9.17) is 0 Å². The Morgan fingerprint density at radius 1 is 0.467 bits per heavy atom. The molecule has 0 saturated heterocycles. The molecule has 1 aliphatic rings. The van der Waals surface area contributed by atoms with Gasteiger partial charge in [0.25, 0.3) is 0 Å². The lowest BCUT2D eigenvalue weighted by atomic mass is 10.0. The van der Waals surface area contributed by atoms with Crippen molar-refractivity contribution >= 4 is 0 Å². The van der Waals surface area contributed by atoms with E-state index in [1.54, 1.807) is 0 Å². The molecule has 0 fully saturated rings. The Balaban J connectivity index is 1.85. The molecule has 1 atom stereocenters. The Bertz CT molecular complexity index is 379. The highest BCUT2D eigenvalue weighted by Crippen LogP contribution is 2.22. The fraction of sp³-hybridized carbons (Fsp3) is 0.929. The second kappa shape index (κ2) is 20.3. The maximum Gasteiger partial charge on any atom is 0.101 e. The van der Waals surface area contributed by atoms with Crippen LogP contribution in [0.2, 0.25) is 0 Å². The molecule has 0 N–H and O–H groups in total. The Morgan fingerprint density at radius 3 is 1.30 bits per heavy atom. The zero-order valence-electron chi connectivity index (χ0n) is 21.2. The van der Waals surface area contributed by atoms with Crippen LogP contribution in [0.15, 0.2) is 12.4 Å². The van der Waals surface area contributed by atoms with Gasteiger partial charge in [0.1, 0.15) is 6.17 Å². The van der Waals surface area contributed by atoms with Crippen LogP contribution < -0.4 is 0 Å².